The molecule has 124 valence electrons. The Bertz CT molecular complexity index is 1100. The Kier molecular flexibility index (Phi) is 3.53. The second-order valence-corrected chi connectivity index (χ2v) is 5.63. The lowest BCUT2D eigenvalue weighted by molar-refractivity contribution is 1.000. The minimum Gasteiger partial charge on any atom is -0.387 e. The van der Waals surface area contributed by atoms with Gasteiger partial charge >= 0.3 is 0 Å². The molecule has 0 atom stereocenters. The molecule has 0 saturated heterocycles. The average molecular weight is 332 g/mol. The molecule has 0 fully saturated rings. The van der Waals surface area contributed by atoms with Gasteiger partial charge in [0.15, 0.2) is 5.82 Å². The number of aromatic amines is 1. The second kappa shape index (κ2) is 5.86. The van der Waals surface area contributed by atoms with Crippen LogP contribution in [0, 0.1) is 6.92 Å². The summed E-state index contributed by atoms with van der Waals surface area (Å²) in [6.07, 6.45) is 1.39. The van der Waals surface area contributed by atoms with Gasteiger partial charge in [-0.05, 0) is 31.2 Å². The molecule has 0 aliphatic heterocycles. The number of nitrogens with zero attached hydrogens (tertiary/aromatic N) is 4. The van der Waals surface area contributed by atoms with Crippen molar-refractivity contribution in [3.8, 4) is 17.1 Å². The van der Waals surface area contributed by atoms with E-state index < -0.39 is 0 Å². The van der Waals surface area contributed by atoms with E-state index in [1.165, 1.54) is 6.33 Å². The summed E-state index contributed by atoms with van der Waals surface area (Å²) < 4.78 is 1.61. The third-order valence-corrected chi connectivity index (χ3v) is 4.08. The zero-order valence-electron chi connectivity index (χ0n) is 13.8. The van der Waals surface area contributed by atoms with Gasteiger partial charge in [0, 0.05) is 18.1 Å². The molecule has 4 aromatic rings. The Morgan fingerprint density at radius 1 is 1.12 bits per heavy atom. The van der Waals surface area contributed by atoms with Crippen molar-refractivity contribution in [1.29, 1.82) is 0 Å². The number of pyridine rings is 2. The number of H-pyrrole nitrogens is 1. The zero-order chi connectivity index (χ0) is 17.4. The molecule has 25 heavy (non-hydrogen) atoms. The highest BCUT2D eigenvalue weighted by atomic mass is 16.1. The summed E-state index contributed by atoms with van der Waals surface area (Å²) in [4.78, 5) is 22.2. The van der Waals surface area contributed by atoms with E-state index in [4.69, 9.17) is 0 Å². The van der Waals surface area contributed by atoms with Gasteiger partial charge in [-0.2, -0.15) is 5.10 Å². The van der Waals surface area contributed by atoms with Crippen LogP contribution in [0.15, 0.2) is 53.6 Å². The van der Waals surface area contributed by atoms with E-state index in [1.54, 1.807) is 11.6 Å². The molecule has 0 bridgehead atoms. The largest absolute Gasteiger partial charge is 0.387 e. The van der Waals surface area contributed by atoms with E-state index in [0.29, 0.717) is 22.7 Å². The Morgan fingerprint density at radius 2 is 1.92 bits per heavy atom. The highest BCUT2D eigenvalue weighted by Crippen LogP contribution is 2.30. The van der Waals surface area contributed by atoms with Crippen molar-refractivity contribution < 1.29 is 0 Å². The number of para-hydroxylation sites is 1. The van der Waals surface area contributed by atoms with Crippen molar-refractivity contribution >= 4 is 16.7 Å². The number of aromatic nitrogens is 5. The van der Waals surface area contributed by atoms with E-state index >= 15 is 0 Å². The minimum absolute atomic E-state index is 0.210. The molecule has 7 nitrogen and oxygen atoms in total. The molecule has 0 spiro atoms. The number of nitrogens with one attached hydrogen (secondary N) is 2. The molecule has 3 heterocycles. The number of benzene rings is 1. The lowest BCUT2D eigenvalue weighted by Gasteiger charge is -2.16. The topological polar surface area (TPSA) is 88.5 Å². The number of anilines is 1. The third kappa shape index (κ3) is 2.37. The molecule has 1 aromatic carbocycles. The van der Waals surface area contributed by atoms with Crippen LogP contribution in [0.2, 0.25) is 0 Å². The van der Waals surface area contributed by atoms with Gasteiger partial charge in [-0.3, -0.25) is 14.5 Å². The van der Waals surface area contributed by atoms with E-state index in [9.17, 15) is 4.79 Å². The van der Waals surface area contributed by atoms with Gasteiger partial charge in [0.1, 0.15) is 17.5 Å². The molecule has 0 unspecified atom stereocenters. The van der Waals surface area contributed by atoms with Crippen LogP contribution < -0.4 is 10.9 Å². The first-order valence-electron chi connectivity index (χ1n) is 7.86. The third-order valence-electron chi connectivity index (χ3n) is 4.08. The van der Waals surface area contributed by atoms with Crippen molar-refractivity contribution in [3.05, 3.63) is 64.8 Å². The Hall–Kier alpha value is -3.48. The van der Waals surface area contributed by atoms with E-state index in [-0.39, 0.29) is 5.56 Å². The van der Waals surface area contributed by atoms with Gasteiger partial charge in [-0.25, -0.2) is 9.97 Å². The Morgan fingerprint density at radius 3 is 2.60 bits per heavy atom. The summed E-state index contributed by atoms with van der Waals surface area (Å²) >= 11 is 0. The molecular formula is C18H16N6O. The quantitative estimate of drug-likeness (QED) is 0.602. The SMILES string of the molecule is CNc1c(-c2ncn[nH]2)c(=O)n(-c2ccccc2)c2nc(C)ccc12. The minimum atomic E-state index is -0.210. The van der Waals surface area contributed by atoms with Crippen LogP contribution in [0.25, 0.3) is 28.1 Å². The normalized spacial score (nSPS) is 11.0. The molecule has 0 amide bonds. The zero-order valence-corrected chi connectivity index (χ0v) is 13.8. The number of hydrogen-bond acceptors (Lipinski definition) is 5. The summed E-state index contributed by atoms with van der Waals surface area (Å²) in [5.41, 5.74) is 3.09. The van der Waals surface area contributed by atoms with Crippen LogP contribution in [-0.2, 0) is 0 Å². The molecular weight excluding hydrogens is 316 g/mol. The molecule has 0 aliphatic carbocycles. The van der Waals surface area contributed by atoms with Crippen molar-refractivity contribution in [2.45, 2.75) is 6.92 Å². The van der Waals surface area contributed by atoms with Crippen LogP contribution in [0.3, 0.4) is 0 Å². The fourth-order valence-corrected chi connectivity index (χ4v) is 2.98. The summed E-state index contributed by atoms with van der Waals surface area (Å²) in [5, 5.41) is 10.6. The number of rotatable bonds is 3. The predicted molar refractivity (Wildman–Crippen MR) is 97.0 cm³/mol. The molecule has 3 aromatic heterocycles. The fourth-order valence-electron chi connectivity index (χ4n) is 2.98. The molecule has 4 rings (SSSR count). The summed E-state index contributed by atoms with van der Waals surface area (Å²) in [6, 6.07) is 13.3. The van der Waals surface area contributed by atoms with Gasteiger partial charge in [0.05, 0.1) is 11.4 Å². The molecule has 2 N–H and O–H groups in total. The van der Waals surface area contributed by atoms with Gasteiger partial charge < -0.3 is 5.32 Å². The van der Waals surface area contributed by atoms with Crippen molar-refractivity contribution in [3.63, 3.8) is 0 Å². The lowest BCUT2D eigenvalue weighted by atomic mass is 10.1. The Balaban J connectivity index is 2.22. The summed E-state index contributed by atoms with van der Waals surface area (Å²) in [5.74, 6) is 0.418. The first kappa shape index (κ1) is 15.1. The maximum atomic E-state index is 13.4. The first-order chi connectivity index (χ1) is 12.2. The van der Waals surface area contributed by atoms with Gasteiger partial charge in [0.25, 0.3) is 5.56 Å². The van der Waals surface area contributed by atoms with Crippen LogP contribution >= 0.6 is 0 Å². The van der Waals surface area contributed by atoms with E-state index in [0.717, 1.165) is 16.8 Å². The van der Waals surface area contributed by atoms with Gasteiger partial charge in [-0.15, -0.1) is 0 Å². The second-order valence-electron chi connectivity index (χ2n) is 5.63. The summed E-state index contributed by atoms with van der Waals surface area (Å²) in [6.45, 7) is 1.91. The van der Waals surface area contributed by atoms with Crippen LogP contribution in [0.1, 0.15) is 5.69 Å². The standard InChI is InChI=1S/C18H16N6O/c1-11-8-9-13-15(19-2)14(16-20-10-21-23-16)18(25)24(17(13)22-11)12-6-4-3-5-7-12/h3-10,19H,1-2H3,(H,20,21,23). The van der Waals surface area contributed by atoms with E-state index in [2.05, 4.69) is 25.5 Å². The smallest absolute Gasteiger partial charge is 0.270 e. The fraction of sp³-hybridized carbons (Fsp3) is 0.111. The highest BCUT2D eigenvalue weighted by Gasteiger charge is 2.21. The van der Waals surface area contributed by atoms with Crippen molar-refractivity contribution in [2.75, 3.05) is 12.4 Å². The van der Waals surface area contributed by atoms with Crippen LogP contribution in [0.5, 0.6) is 0 Å². The average Bonchev–Trinajstić information content (AvgIpc) is 3.15. The lowest BCUT2D eigenvalue weighted by Crippen LogP contribution is -2.23. The predicted octanol–water partition coefficient (Wildman–Crippen LogP) is 2.52. The monoisotopic (exact) mass is 332 g/mol. The van der Waals surface area contributed by atoms with Crippen LogP contribution in [-0.4, -0.2) is 31.8 Å². The van der Waals surface area contributed by atoms with Crippen molar-refractivity contribution in [1.82, 2.24) is 24.7 Å². The van der Waals surface area contributed by atoms with Crippen LogP contribution in [0.4, 0.5) is 5.69 Å². The maximum absolute atomic E-state index is 13.4. The molecule has 0 radical (unpaired) electrons. The highest BCUT2D eigenvalue weighted by molar-refractivity contribution is 5.97. The number of fused-ring (bicyclic) bond motifs is 1. The molecule has 0 saturated carbocycles. The van der Waals surface area contributed by atoms with E-state index in [1.807, 2.05) is 49.4 Å². The van der Waals surface area contributed by atoms with Gasteiger partial charge in [-0.1, -0.05) is 18.2 Å². The molecule has 7 heteroatoms. The first-order valence-corrected chi connectivity index (χ1v) is 7.86. The van der Waals surface area contributed by atoms with Crippen molar-refractivity contribution in [2.24, 2.45) is 0 Å². The van der Waals surface area contributed by atoms with Gasteiger partial charge in [0.2, 0.25) is 0 Å². The summed E-state index contributed by atoms with van der Waals surface area (Å²) in [7, 11) is 1.78. The Labute approximate surface area is 143 Å². The molecule has 0 aliphatic rings. The number of aryl methyl sites for hydroxylation is 1. The maximum Gasteiger partial charge on any atom is 0.270 e. The number of hydrogen-bond donors (Lipinski definition) is 2.